The molecule has 18 heavy (non-hydrogen) atoms. The molecule has 0 radical (unpaired) electrons. The van der Waals surface area contributed by atoms with E-state index in [0.29, 0.717) is 11.4 Å². The minimum absolute atomic E-state index is 0.0230. The van der Waals surface area contributed by atoms with Gasteiger partial charge in [0.1, 0.15) is 18.0 Å². The first-order valence-corrected chi connectivity index (χ1v) is 4.91. The predicted molar refractivity (Wildman–Crippen MR) is 63.1 cm³/mol. The number of hydrogen-bond acceptors (Lipinski definition) is 6. The number of nitro benzene ring substituents is 1. The van der Waals surface area contributed by atoms with Crippen LogP contribution in [0.1, 0.15) is 5.56 Å². The Morgan fingerprint density at radius 2 is 2.00 bits per heavy atom. The molecule has 0 aliphatic rings. The van der Waals surface area contributed by atoms with Crippen molar-refractivity contribution in [2.24, 2.45) is 0 Å². The Morgan fingerprint density at radius 3 is 2.61 bits per heavy atom. The molecule has 7 nitrogen and oxygen atoms in total. The van der Waals surface area contributed by atoms with Crippen LogP contribution in [0.25, 0.3) is 0 Å². The Morgan fingerprint density at radius 1 is 1.28 bits per heavy atom. The molecular weight excluding hydrogens is 234 g/mol. The van der Waals surface area contributed by atoms with E-state index in [0.717, 1.165) is 0 Å². The molecule has 0 amide bonds. The van der Waals surface area contributed by atoms with Gasteiger partial charge in [-0.15, -0.1) is 0 Å². The van der Waals surface area contributed by atoms with Gasteiger partial charge in [0.25, 0.3) is 5.69 Å². The summed E-state index contributed by atoms with van der Waals surface area (Å²) in [7, 11) is 0. The summed E-state index contributed by atoms with van der Waals surface area (Å²) in [4.78, 5) is 17.8. The summed E-state index contributed by atoms with van der Waals surface area (Å²) >= 11 is 0. The van der Waals surface area contributed by atoms with Gasteiger partial charge >= 0.3 is 0 Å². The van der Waals surface area contributed by atoms with Crippen molar-refractivity contribution in [1.82, 2.24) is 9.97 Å². The van der Waals surface area contributed by atoms with Crippen LogP contribution in [0.4, 0.5) is 17.1 Å². The molecule has 0 atom stereocenters. The van der Waals surface area contributed by atoms with E-state index in [-0.39, 0.29) is 11.3 Å². The van der Waals surface area contributed by atoms with E-state index in [4.69, 9.17) is 5.26 Å². The van der Waals surface area contributed by atoms with Crippen molar-refractivity contribution in [3.8, 4) is 6.07 Å². The van der Waals surface area contributed by atoms with Gasteiger partial charge in [0.15, 0.2) is 0 Å². The van der Waals surface area contributed by atoms with E-state index in [1.165, 1.54) is 30.9 Å². The van der Waals surface area contributed by atoms with Crippen LogP contribution < -0.4 is 5.32 Å². The van der Waals surface area contributed by atoms with Gasteiger partial charge in [-0.3, -0.25) is 10.1 Å². The number of nitrogens with one attached hydrogen (secondary N) is 1. The lowest BCUT2D eigenvalue weighted by molar-refractivity contribution is -0.385. The SMILES string of the molecule is N#Cc1ccc(Nc2cncnc2)cc1[N+](=O)[O-]. The van der Waals surface area contributed by atoms with E-state index in [9.17, 15) is 10.1 Å². The van der Waals surface area contributed by atoms with Gasteiger partial charge in [0.2, 0.25) is 0 Å². The number of nitriles is 1. The summed E-state index contributed by atoms with van der Waals surface area (Å²) in [6.45, 7) is 0. The highest BCUT2D eigenvalue weighted by atomic mass is 16.6. The van der Waals surface area contributed by atoms with Crippen LogP contribution in [0, 0.1) is 21.4 Å². The molecule has 0 unspecified atom stereocenters. The monoisotopic (exact) mass is 241 g/mol. The average Bonchev–Trinajstić information content (AvgIpc) is 2.40. The molecule has 7 heteroatoms. The molecule has 88 valence electrons. The van der Waals surface area contributed by atoms with E-state index >= 15 is 0 Å². The van der Waals surface area contributed by atoms with Gasteiger partial charge in [-0.25, -0.2) is 9.97 Å². The normalized spacial score (nSPS) is 9.50. The Kier molecular flexibility index (Phi) is 3.11. The van der Waals surface area contributed by atoms with Crippen molar-refractivity contribution >= 4 is 17.1 Å². The van der Waals surface area contributed by atoms with E-state index < -0.39 is 4.92 Å². The molecule has 0 aliphatic carbocycles. The van der Waals surface area contributed by atoms with Crippen molar-refractivity contribution in [3.63, 3.8) is 0 Å². The second kappa shape index (κ2) is 4.88. The Bertz CT molecular complexity index is 621. The average molecular weight is 241 g/mol. The Balaban J connectivity index is 2.34. The van der Waals surface area contributed by atoms with Crippen LogP contribution in [0.5, 0.6) is 0 Å². The summed E-state index contributed by atoms with van der Waals surface area (Å²) in [5, 5.41) is 22.5. The molecule has 0 saturated heterocycles. The van der Waals surface area contributed by atoms with Crippen LogP contribution in [0.15, 0.2) is 36.9 Å². The topological polar surface area (TPSA) is 105 Å². The summed E-state index contributed by atoms with van der Waals surface area (Å²) < 4.78 is 0. The summed E-state index contributed by atoms with van der Waals surface area (Å²) in [6.07, 6.45) is 4.46. The molecule has 0 aliphatic heterocycles. The second-order valence-corrected chi connectivity index (χ2v) is 3.35. The van der Waals surface area contributed by atoms with Crippen molar-refractivity contribution in [1.29, 1.82) is 5.26 Å². The zero-order valence-corrected chi connectivity index (χ0v) is 9.07. The number of hydrogen-bond donors (Lipinski definition) is 1. The lowest BCUT2D eigenvalue weighted by atomic mass is 10.2. The maximum atomic E-state index is 10.8. The molecule has 1 aromatic heterocycles. The van der Waals surface area contributed by atoms with Crippen molar-refractivity contribution in [2.75, 3.05) is 5.32 Å². The quantitative estimate of drug-likeness (QED) is 0.650. The Labute approximate surface area is 102 Å². The lowest BCUT2D eigenvalue weighted by Gasteiger charge is -2.05. The van der Waals surface area contributed by atoms with Gasteiger partial charge in [-0.05, 0) is 12.1 Å². The minimum atomic E-state index is -0.592. The fourth-order valence-electron chi connectivity index (χ4n) is 1.39. The summed E-state index contributed by atoms with van der Waals surface area (Å²) in [5.41, 5.74) is 0.890. The fourth-order valence-corrected chi connectivity index (χ4v) is 1.39. The minimum Gasteiger partial charge on any atom is -0.353 e. The number of aromatic nitrogens is 2. The molecule has 0 bridgehead atoms. The van der Waals surface area contributed by atoms with Crippen molar-refractivity contribution in [2.45, 2.75) is 0 Å². The standard InChI is InChI=1S/C11H7N5O2/c12-4-8-1-2-9(3-11(8)16(17)18)15-10-5-13-7-14-6-10/h1-3,5-7,15H. The molecule has 2 rings (SSSR count). The van der Waals surface area contributed by atoms with E-state index in [2.05, 4.69) is 15.3 Å². The van der Waals surface area contributed by atoms with E-state index in [1.807, 2.05) is 0 Å². The third kappa shape index (κ3) is 2.38. The molecule has 0 saturated carbocycles. The highest BCUT2D eigenvalue weighted by Gasteiger charge is 2.14. The van der Waals surface area contributed by atoms with E-state index in [1.54, 1.807) is 12.1 Å². The van der Waals surface area contributed by atoms with Crippen LogP contribution >= 0.6 is 0 Å². The van der Waals surface area contributed by atoms with Crippen molar-refractivity contribution < 1.29 is 4.92 Å². The first-order chi connectivity index (χ1) is 8.70. The van der Waals surface area contributed by atoms with Crippen molar-refractivity contribution in [3.05, 3.63) is 52.6 Å². The highest BCUT2D eigenvalue weighted by Crippen LogP contribution is 2.24. The zero-order chi connectivity index (χ0) is 13.0. The number of rotatable bonds is 3. The maximum absolute atomic E-state index is 10.8. The fraction of sp³-hybridized carbons (Fsp3) is 0. The molecule has 1 N–H and O–H groups in total. The van der Waals surface area contributed by atoms with Gasteiger partial charge < -0.3 is 5.32 Å². The number of anilines is 2. The van der Waals surface area contributed by atoms with Gasteiger partial charge in [-0.2, -0.15) is 5.26 Å². The largest absolute Gasteiger partial charge is 0.353 e. The van der Waals surface area contributed by atoms with Gasteiger partial charge in [0.05, 0.1) is 23.0 Å². The number of benzene rings is 1. The second-order valence-electron chi connectivity index (χ2n) is 3.35. The van der Waals surface area contributed by atoms with Crippen LogP contribution in [0.2, 0.25) is 0 Å². The zero-order valence-electron chi connectivity index (χ0n) is 9.07. The molecular formula is C11H7N5O2. The van der Waals surface area contributed by atoms with Crippen LogP contribution in [-0.2, 0) is 0 Å². The van der Waals surface area contributed by atoms with Crippen LogP contribution in [-0.4, -0.2) is 14.9 Å². The summed E-state index contributed by atoms with van der Waals surface area (Å²) in [6, 6.07) is 6.05. The first-order valence-electron chi connectivity index (χ1n) is 4.91. The molecule has 2 aromatic rings. The van der Waals surface area contributed by atoms with Gasteiger partial charge in [-0.1, -0.05) is 0 Å². The third-order valence-corrected chi connectivity index (χ3v) is 2.16. The first kappa shape index (κ1) is 11.5. The highest BCUT2D eigenvalue weighted by molar-refractivity contribution is 5.64. The molecule has 1 heterocycles. The predicted octanol–water partition coefficient (Wildman–Crippen LogP) is 2.00. The molecule has 0 fully saturated rings. The smallest absolute Gasteiger partial charge is 0.289 e. The number of nitro groups is 1. The maximum Gasteiger partial charge on any atom is 0.289 e. The van der Waals surface area contributed by atoms with Crippen LogP contribution in [0.3, 0.4) is 0 Å². The third-order valence-electron chi connectivity index (χ3n) is 2.16. The molecule has 0 spiro atoms. The number of nitrogens with zero attached hydrogens (tertiary/aromatic N) is 4. The Hall–Kier alpha value is -3.01. The summed E-state index contributed by atoms with van der Waals surface area (Å²) in [5.74, 6) is 0. The lowest BCUT2D eigenvalue weighted by Crippen LogP contribution is -1.96. The van der Waals surface area contributed by atoms with Gasteiger partial charge in [0, 0.05) is 11.8 Å². The molecule has 1 aromatic carbocycles.